The first-order valence-corrected chi connectivity index (χ1v) is 6.50. The standard InChI is InChI=1S/C15H18N4O2/c1-19(2)10-18-13-12(8-11-4-6-16-7-5-11)9-17-14(13)15(20)21-3/h4-7,9-10,17H,8H2,1-3H3. The SMILES string of the molecule is COC(=O)c1[nH]cc(Cc2ccncc2)c1N=CN(C)C. The van der Waals surface area contributed by atoms with Gasteiger partial charge < -0.3 is 14.6 Å². The Labute approximate surface area is 123 Å². The summed E-state index contributed by atoms with van der Waals surface area (Å²) in [4.78, 5) is 24.9. The number of aromatic amines is 1. The molecule has 110 valence electrons. The number of rotatable bonds is 5. The summed E-state index contributed by atoms with van der Waals surface area (Å²) < 4.78 is 4.78. The van der Waals surface area contributed by atoms with Gasteiger partial charge in [0.15, 0.2) is 5.69 Å². The van der Waals surface area contributed by atoms with Gasteiger partial charge in [-0.25, -0.2) is 9.79 Å². The third-order valence-corrected chi connectivity index (χ3v) is 2.88. The minimum absolute atomic E-state index is 0.361. The van der Waals surface area contributed by atoms with E-state index in [1.54, 1.807) is 24.9 Å². The Morgan fingerprint density at radius 1 is 1.43 bits per heavy atom. The number of carbonyl (C=O) groups is 1. The van der Waals surface area contributed by atoms with E-state index in [2.05, 4.69) is 15.0 Å². The normalized spacial score (nSPS) is 10.8. The fourth-order valence-electron chi connectivity index (χ4n) is 1.89. The lowest BCUT2D eigenvalue weighted by molar-refractivity contribution is 0.0596. The van der Waals surface area contributed by atoms with Gasteiger partial charge in [0, 0.05) is 44.7 Å². The molecular formula is C15H18N4O2. The van der Waals surface area contributed by atoms with E-state index in [1.165, 1.54) is 7.11 Å². The van der Waals surface area contributed by atoms with Crippen LogP contribution in [0.5, 0.6) is 0 Å². The van der Waals surface area contributed by atoms with Gasteiger partial charge in [-0.2, -0.15) is 0 Å². The number of aliphatic imine (C=N–C) groups is 1. The summed E-state index contributed by atoms with van der Waals surface area (Å²) in [7, 11) is 5.10. The maximum absolute atomic E-state index is 11.8. The highest BCUT2D eigenvalue weighted by Gasteiger charge is 2.17. The largest absolute Gasteiger partial charge is 0.464 e. The monoisotopic (exact) mass is 286 g/mol. The van der Waals surface area contributed by atoms with Gasteiger partial charge in [-0.1, -0.05) is 0 Å². The Balaban J connectivity index is 2.36. The quantitative estimate of drug-likeness (QED) is 0.518. The number of pyridine rings is 1. The summed E-state index contributed by atoms with van der Waals surface area (Å²) in [6.45, 7) is 0. The molecule has 0 atom stereocenters. The van der Waals surface area contributed by atoms with E-state index in [4.69, 9.17) is 4.74 Å². The molecule has 0 aliphatic heterocycles. The highest BCUT2D eigenvalue weighted by Crippen LogP contribution is 2.27. The Morgan fingerprint density at radius 2 is 2.14 bits per heavy atom. The summed E-state index contributed by atoms with van der Waals surface area (Å²) in [5.41, 5.74) is 2.99. The van der Waals surface area contributed by atoms with Crippen molar-refractivity contribution in [3.05, 3.63) is 47.5 Å². The lowest BCUT2D eigenvalue weighted by Crippen LogP contribution is -2.08. The molecule has 2 heterocycles. The third-order valence-electron chi connectivity index (χ3n) is 2.88. The van der Waals surface area contributed by atoms with E-state index in [9.17, 15) is 4.79 Å². The molecule has 2 aromatic rings. The van der Waals surface area contributed by atoms with E-state index < -0.39 is 5.97 Å². The van der Waals surface area contributed by atoms with Gasteiger partial charge in [0.25, 0.3) is 0 Å². The topological polar surface area (TPSA) is 70.6 Å². The average Bonchev–Trinajstić information content (AvgIpc) is 2.88. The lowest BCUT2D eigenvalue weighted by atomic mass is 10.1. The molecule has 0 fully saturated rings. The second-order valence-electron chi connectivity index (χ2n) is 4.77. The van der Waals surface area contributed by atoms with Crippen LogP contribution in [0, 0.1) is 0 Å². The molecule has 0 radical (unpaired) electrons. The first-order valence-electron chi connectivity index (χ1n) is 6.50. The number of carbonyl (C=O) groups excluding carboxylic acids is 1. The molecule has 0 unspecified atom stereocenters. The van der Waals surface area contributed by atoms with Crippen molar-refractivity contribution in [1.82, 2.24) is 14.9 Å². The van der Waals surface area contributed by atoms with E-state index in [0.717, 1.165) is 11.1 Å². The third kappa shape index (κ3) is 3.68. The van der Waals surface area contributed by atoms with E-state index in [1.807, 2.05) is 31.1 Å². The van der Waals surface area contributed by atoms with Crippen LogP contribution < -0.4 is 0 Å². The molecule has 0 spiro atoms. The molecule has 0 aliphatic carbocycles. The molecular weight excluding hydrogens is 268 g/mol. The Hall–Kier alpha value is -2.63. The predicted molar refractivity (Wildman–Crippen MR) is 81.0 cm³/mol. The van der Waals surface area contributed by atoms with Gasteiger partial charge in [0.05, 0.1) is 13.4 Å². The highest BCUT2D eigenvalue weighted by molar-refractivity contribution is 5.94. The number of aromatic nitrogens is 2. The van der Waals surface area contributed by atoms with Gasteiger partial charge in [0.2, 0.25) is 0 Å². The molecule has 2 aromatic heterocycles. The molecule has 0 aromatic carbocycles. The van der Waals surface area contributed by atoms with Crippen LogP contribution >= 0.6 is 0 Å². The summed E-state index contributed by atoms with van der Waals surface area (Å²) in [6, 6.07) is 3.87. The summed E-state index contributed by atoms with van der Waals surface area (Å²) >= 11 is 0. The second kappa shape index (κ2) is 6.69. The maximum Gasteiger partial charge on any atom is 0.356 e. The molecule has 1 N–H and O–H groups in total. The van der Waals surface area contributed by atoms with Gasteiger partial charge in [0.1, 0.15) is 5.69 Å². The van der Waals surface area contributed by atoms with Crippen molar-refractivity contribution in [3.8, 4) is 0 Å². The maximum atomic E-state index is 11.8. The number of hydrogen-bond donors (Lipinski definition) is 1. The van der Waals surface area contributed by atoms with E-state index in [0.29, 0.717) is 17.8 Å². The molecule has 2 rings (SSSR count). The van der Waals surface area contributed by atoms with Gasteiger partial charge in [-0.15, -0.1) is 0 Å². The van der Waals surface area contributed by atoms with Crippen LogP contribution in [-0.4, -0.2) is 48.4 Å². The molecule has 0 bridgehead atoms. The van der Waals surface area contributed by atoms with Crippen LogP contribution in [0.4, 0.5) is 5.69 Å². The van der Waals surface area contributed by atoms with Crippen LogP contribution in [0.1, 0.15) is 21.6 Å². The summed E-state index contributed by atoms with van der Waals surface area (Å²) in [5, 5.41) is 0. The zero-order valence-electron chi connectivity index (χ0n) is 12.3. The Bertz CT molecular complexity index is 632. The second-order valence-corrected chi connectivity index (χ2v) is 4.77. The number of H-pyrrole nitrogens is 1. The molecule has 0 aliphatic rings. The summed E-state index contributed by atoms with van der Waals surface area (Å²) in [6.07, 6.45) is 7.59. The van der Waals surface area contributed by atoms with Crippen LogP contribution in [0.25, 0.3) is 0 Å². The minimum atomic E-state index is -0.429. The summed E-state index contributed by atoms with van der Waals surface area (Å²) in [5.74, 6) is -0.429. The molecule has 0 amide bonds. The molecule has 0 saturated heterocycles. The zero-order chi connectivity index (χ0) is 15.2. The molecule has 6 heteroatoms. The predicted octanol–water partition coefficient (Wildman–Crippen LogP) is 2.01. The van der Waals surface area contributed by atoms with Crippen molar-refractivity contribution in [2.24, 2.45) is 4.99 Å². The molecule has 6 nitrogen and oxygen atoms in total. The lowest BCUT2D eigenvalue weighted by Gasteiger charge is -2.05. The van der Waals surface area contributed by atoms with Crippen molar-refractivity contribution in [1.29, 1.82) is 0 Å². The number of nitrogens with zero attached hydrogens (tertiary/aromatic N) is 3. The Morgan fingerprint density at radius 3 is 2.76 bits per heavy atom. The van der Waals surface area contributed by atoms with Gasteiger partial charge in [-0.3, -0.25) is 4.98 Å². The fourth-order valence-corrected chi connectivity index (χ4v) is 1.89. The van der Waals surface area contributed by atoms with Crippen molar-refractivity contribution in [2.75, 3.05) is 21.2 Å². The van der Waals surface area contributed by atoms with Crippen LogP contribution in [0.3, 0.4) is 0 Å². The minimum Gasteiger partial charge on any atom is -0.464 e. The highest BCUT2D eigenvalue weighted by atomic mass is 16.5. The molecule has 0 saturated carbocycles. The molecule has 21 heavy (non-hydrogen) atoms. The van der Waals surface area contributed by atoms with Crippen molar-refractivity contribution < 1.29 is 9.53 Å². The Kier molecular flexibility index (Phi) is 4.71. The van der Waals surface area contributed by atoms with Crippen LogP contribution in [-0.2, 0) is 11.2 Å². The van der Waals surface area contributed by atoms with Crippen LogP contribution in [0.2, 0.25) is 0 Å². The zero-order valence-corrected chi connectivity index (χ0v) is 12.3. The number of esters is 1. The number of methoxy groups -OCH3 is 1. The first-order chi connectivity index (χ1) is 10.1. The van der Waals surface area contributed by atoms with Crippen molar-refractivity contribution >= 4 is 18.0 Å². The average molecular weight is 286 g/mol. The van der Waals surface area contributed by atoms with Crippen molar-refractivity contribution in [2.45, 2.75) is 6.42 Å². The fraction of sp³-hybridized carbons (Fsp3) is 0.267. The van der Waals surface area contributed by atoms with E-state index >= 15 is 0 Å². The first kappa shape index (κ1) is 14.8. The van der Waals surface area contributed by atoms with Gasteiger partial charge in [-0.05, 0) is 17.7 Å². The van der Waals surface area contributed by atoms with E-state index in [-0.39, 0.29) is 0 Å². The number of ether oxygens (including phenoxy) is 1. The smallest absolute Gasteiger partial charge is 0.356 e. The van der Waals surface area contributed by atoms with Crippen LogP contribution in [0.15, 0.2) is 35.7 Å². The number of nitrogens with one attached hydrogen (secondary N) is 1. The van der Waals surface area contributed by atoms with Gasteiger partial charge >= 0.3 is 5.97 Å². The van der Waals surface area contributed by atoms with Crippen molar-refractivity contribution in [3.63, 3.8) is 0 Å². The number of hydrogen-bond acceptors (Lipinski definition) is 4.